The lowest BCUT2D eigenvalue weighted by Gasteiger charge is -2.28. The molecule has 0 aromatic carbocycles. The zero-order valence-corrected chi connectivity index (χ0v) is 13.9. The van der Waals surface area contributed by atoms with Gasteiger partial charge in [-0.2, -0.15) is 0 Å². The number of rotatable bonds is 4. The van der Waals surface area contributed by atoms with Crippen molar-refractivity contribution in [2.45, 2.75) is 32.9 Å². The molecule has 22 heavy (non-hydrogen) atoms. The van der Waals surface area contributed by atoms with Gasteiger partial charge in [-0.05, 0) is 0 Å². The van der Waals surface area contributed by atoms with E-state index in [1.807, 2.05) is 5.38 Å². The number of nitrogens with zero attached hydrogens (tertiary/aromatic N) is 6. The zero-order chi connectivity index (χ0) is 15.7. The Balaban J connectivity index is 1.64. The van der Waals surface area contributed by atoms with Crippen molar-refractivity contribution in [3.63, 3.8) is 0 Å². The van der Waals surface area contributed by atoms with Crippen LogP contribution >= 0.6 is 11.3 Å². The van der Waals surface area contributed by atoms with Crippen molar-refractivity contribution in [3.05, 3.63) is 23.2 Å². The Morgan fingerprint density at radius 1 is 1.41 bits per heavy atom. The molecule has 0 saturated heterocycles. The number of amides is 1. The molecule has 3 heterocycles. The minimum atomic E-state index is 0.0481. The average molecular weight is 320 g/mol. The molecule has 0 bridgehead atoms. The molecule has 1 aliphatic rings. The molecule has 2 aromatic heterocycles. The van der Waals surface area contributed by atoms with Gasteiger partial charge in [0.15, 0.2) is 5.13 Å². The predicted molar refractivity (Wildman–Crippen MR) is 84.9 cm³/mol. The van der Waals surface area contributed by atoms with Crippen molar-refractivity contribution in [3.8, 4) is 0 Å². The Labute approximate surface area is 133 Å². The summed E-state index contributed by atoms with van der Waals surface area (Å²) in [5.41, 5.74) is 0. The second kappa shape index (κ2) is 6.13. The minimum absolute atomic E-state index is 0.0481. The van der Waals surface area contributed by atoms with Crippen LogP contribution in [0.5, 0.6) is 0 Å². The van der Waals surface area contributed by atoms with Crippen molar-refractivity contribution in [1.29, 1.82) is 0 Å². The van der Waals surface area contributed by atoms with Gasteiger partial charge in [0.05, 0.1) is 13.1 Å². The van der Waals surface area contributed by atoms with Crippen LogP contribution in [0.2, 0.25) is 0 Å². The van der Waals surface area contributed by atoms with Crippen LogP contribution in [0.1, 0.15) is 31.4 Å². The molecule has 2 aromatic rings. The third-order valence-corrected chi connectivity index (χ3v) is 4.66. The lowest BCUT2D eigenvalue weighted by atomic mass is 10.2. The lowest BCUT2D eigenvalue weighted by Crippen LogP contribution is -2.42. The summed E-state index contributed by atoms with van der Waals surface area (Å²) in [5.74, 6) is 2.39. The van der Waals surface area contributed by atoms with Gasteiger partial charge in [-0.15, -0.1) is 21.5 Å². The smallest absolute Gasteiger partial charge is 0.242 e. The van der Waals surface area contributed by atoms with E-state index in [1.54, 1.807) is 18.1 Å². The molecular weight excluding hydrogens is 300 g/mol. The maximum absolute atomic E-state index is 12.3. The van der Waals surface area contributed by atoms with Crippen LogP contribution < -0.4 is 4.90 Å². The fourth-order valence-electron chi connectivity index (χ4n) is 2.58. The first-order valence-corrected chi connectivity index (χ1v) is 8.24. The fraction of sp³-hybridized carbons (Fsp3) is 0.571. The van der Waals surface area contributed by atoms with Crippen molar-refractivity contribution in [1.82, 2.24) is 24.6 Å². The molecular formula is C14H20N6OS. The number of carbonyl (C=O) groups excluding carboxylic acids is 1. The first kappa shape index (κ1) is 15.1. The Hall–Kier alpha value is -1.80. The molecule has 118 valence electrons. The molecule has 0 unspecified atom stereocenters. The highest BCUT2D eigenvalue weighted by molar-refractivity contribution is 7.13. The van der Waals surface area contributed by atoms with E-state index in [0.29, 0.717) is 19.0 Å². The van der Waals surface area contributed by atoms with Crippen LogP contribution in [0.25, 0.3) is 0 Å². The monoisotopic (exact) mass is 320 g/mol. The maximum atomic E-state index is 12.3. The molecule has 0 atom stereocenters. The number of hydrogen-bond acceptors (Lipinski definition) is 6. The Kier molecular flexibility index (Phi) is 4.21. The van der Waals surface area contributed by atoms with E-state index < -0.39 is 0 Å². The number of aromatic nitrogens is 4. The van der Waals surface area contributed by atoms with E-state index >= 15 is 0 Å². The molecule has 0 radical (unpaired) electrons. The molecule has 0 saturated carbocycles. The molecule has 0 spiro atoms. The Morgan fingerprint density at radius 3 is 2.91 bits per heavy atom. The SMILES string of the molecule is CC(C)c1nnc2n1CCN(CC(=O)N(C)c1nccs1)C2. The van der Waals surface area contributed by atoms with Crippen molar-refractivity contribution >= 4 is 22.4 Å². The van der Waals surface area contributed by atoms with E-state index in [-0.39, 0.29) is 5.91 Å². The highest BCUT2D eigenvalue weighted by Crippen LogP contribution is 2.19. The number of carbonyl (C=O) groups is 1. The van der Waals surface area contributed by atoms with Crippen molar-refractivity contribution in [2.75, 3.05) is 25.0 Å². The highest BCUT2D eigenvalue weighted by Gasteiger charge is 2.25. The molecule has 3 rings (SSSR count). The van der Waals surface area contributed by atoms with Crippen LogP contribution in [-0.2, 0) is 17.9 Å². The molecule has 0 N–H and O–H groups in total. The van der Waals surface area contributed by atoms with Gasteiger partial charge in [0.1, 0.15) is 11.6 Å². The summed E-state index contributed by atoms with van der Waals surface area (Å²) in [6.07, 6.45) is 1.71. The molecule has 1 aliphatic heterocycles. The normalized spacial score (nSPS) is 15.1. The van der Waals surface area contributed by atoms with Gasteiger partial charge >= 0.3 is 0 Å². The standard InChI is InChI=1S/C14H20N6OS/c1-10(2)13-17-16-11-8-19(5-6-20(11)13)9-12(21)18(3)14-15-4-7-22-14/h4,7,10H,5-6,8-9H2,1-3H3. The van der Waals surface area contributed by atoms with E-state index in [4.69, 9.17) is 0 Å². The second-order valence-electron chi connectivity index (χ2n) is 5.76. The largest absolute Gasteiger partial charge is 0.312 e. The van der Waals surface area contributed by atoms with Gasteiger partial charge in [-0.25, -0.2) is 4.98 Å². The number of anilines is 1. The van der Waals surface area contributed by atoms with Crippen LogP contribution in [0.4, 0.5) is 5.13 Å². The van der Waals surface area contributed by atoms with E-state index in [2.05, 4.69) is 38.5 Å². The van der Waals surface area contributed by atoms with E-state index in [0.717, 1.165) is 29.9 Å². The number of likely N-dealkylation sites (N-methyl/N-ethyl adjacent to an activating group) is 1. The predicted octanol–water partition coefficient (Wildman–Crippen LogP) is 1.34. The van der Waals surface area contributed by atoms with Crippen LogP contribution in [0.15, 0.2) is 11.6 Å². The summed E-state index contributed by atoms with van der Waals surface area (Å²) in [6.45, 7) is 6.95. The summed E-state index contributed by atoms with van der Waals surface area (Å²) in [6, 6.07) is 0. The van der Waals surface area contributed by atoms with Gasteiger partial charge in [0.2, 0.25) is 5.91 Å². The molecule has 1 amide bonds. The van der Waals surface area contributed by atoms with Crippen LogP contribution in [0, 0.1) is 0 Å². The maximum Gasteiger partial charge on any atom is 0.242 e. The van der Waals surface area contributed by atoms with Crippen LogP contribution in [0.3, 0.4) is 0 Å². The summed E-state index contributed by atoms with van der Waals surface area (Å²) in [4.78, 5) is 20.2. The Morgan fingerprint density at radius 2 is 2.23 bits per heavy atom. The average Bonchev–Trinajstić information content (AvgIpc) is 3.15. The lowest BCUT2D eigenvalue weighted by molar-refractivity contribution is -0.119. The third kappa shape index (κ3) is 2.89. The summed E-state index contributed by atoms with van der Waals surface area (Å²) in [7, 11) is 1.77. The van der Waals surface area contributed by atoms with Gasteiger partial charge in [0, 0.05) is 37.6 Å². The van der Waals surface area contributed by atoms with E-state index in [1.165, 1.54) is 11.3 Å². The number of fused-ring (bicyclic) bond motifs is 1. The van der Waals surface area contributed by atoms with Gasteiger partial charge in [0.25, 0.3) is 0 Å². The summed E-state index contributed by atoms with van der Waals surface area (Å²) < 4.78 is 2.18. The molecule has 8 heteroatoms. The summed E-state index contributed by atoms with van der Waals surface area (Å²) >= 11 is 1.47. The topological polar surface area (TPSA) is 67.2 Å². The summed E-state index contributed by atoms with van der Waals surface area (Å²) in [5, 5.41) is 11.1. The van der Waals surface area contributed by atoms with E-state index in [9.17, 15) is 4.79 Å². The molecule has 0 aliphatic carbocycles. The van der Waals surface area contributed by atoms with Gasteiger partial charge in [-0.1, -0.05) is 13.8 Å². The van der Waals surface area contributed by atoms with Gasteiger partial charge in [-0.3, -0.25) is 14.6 Å². The highest BCUT2D eigenvalue weighted by atomic mass is 32.1. The van der Waals surface area contributed by atoms with Crippen molar-refractivity contribution in [2.24, 2.45) is 0 Å². The number of hydrogen-bond donors (Lipinski definition) is 0. The second-order valence-corrected chi connectivity index (χ2v) is 6.63. The van der Waals surface area contributed by atoms with Crippen molar-refractivity contribution < 1.29 is 4.79 Å². The fourth-order valence-corrected chi connectivity index (χ4v) is 3.20. The first-order chi connectivity index (χ1) is 10.6. The van der Waals surface area contributed by atoms with Gasteiger partial charge < -0.3 is 4.57 Å². The quantitative estimate of drug-likeness (QED) is 0.850. The zero-order valence-electron chi connectivity index (χ0n) is 13.1. The minimum Gasteiger partial charge on any atom is -0.312 e. The molecule has 0 fully saturated rings. The Bertz CT molecular complexity index is 650. The third-order valence-electron chi connectivity index (χ3n) is 3.82. The molecule has 7 nitrogen and oxygen atoms in total. The number of thiazole rings is 1. The van der Waals surface area contributed by atoms with Crippen LogP contribution in [-0.4, -0.2) is 50.7 Å². The first-order valence-electron chi connectivity index (χ1n) is 7.36.